The molecule has 8 heteroatoms. The predicted octanol–water partition coefficient (Wildman–Crippen LogP) is 10.4. The van der Waals surface area contributed by atoms with Crippen LogP contribution in [0.3, 0.4) is 0 Å². The number of halogens is 8. The highest BCUT2D eigenvalue weighted by Crippen LogP contribution is 2.70. The van der Waals surface area contributed by atoms with Gasteiger partial charge in [0.25, 0.3) is 0 Å². The summed E-state index contributed by atoms with van der Waals surface area (Å²) in [5, 5.41) is 0. The fourth-order valence-corrected chi connectivity index (χ4v) is 5.72. The van der Waals surface area contributed by atoms with E-state index in [2.05, 4.69) is 0 Å². The van der Waals surface area contributed by atoms with Crippen LogP contribution in [-0.2, 0) is 5.41 Å². The van der Waals surface area contributed by atoms with Crippen molar-refractivity contribution >= 4 is 0 Å². The minimum atomic E-state index is -5.56. The second-order valence-electron chi connectivity index (χ2n) is 9.26. The molecule has 0 fully saturated rings. The Balaban J connectivity index is 0.00000235. The molecule has 0 aromatic heterocycles. The molecule has 3 rings (SSSR count). The van der Waals surface area contributed by atoms with Gasteiger partial charge in [0.15, 0.2) is 5.41 Å². The molecule has 0 nitrogen and oxygen atoms in total. The molecule has 208 valence electrons. The summed E-state index contributed by atoms with van der Waals surface area (Å²) in [6.07, 6.45) is -1.75. The fourth-order valence-electron chi connectivity index (χ4n) is 5.72. The summed E-state index contributed by atoms with van der Waals surface area (Å²) in [6, 6.07) is 9.18. The highest BCUT2D eigenvalue weighted by Gasteiger charge is 2.86. The second-order valence-corrected chi connectivity index (χ2v) is 9.26. The van der Waals surface area contributed by atoms with E-state index in [4.69, 9.17) is 0 Å². The average molecular weight is 537 g/mol. The molecule has 0 radical (unpaired) electrons. The largest absolute Gasteiger partial charge is 0.330 e. The van der Waals surface area contributed by atoms with Crippen molar-refractivity contribution < 1.29 is 35.1 Å². The van der Waals surface area contributed by atoms with Crippen molar-refractivity contribution in [3.8, 4) is 11.1 Å². The topological polar surface area (TPSA) is 0 Å². The van der Waals surface area contributed by atoms with Gasteiger partial charge in [0, 0.05) is 11.8 Å². The Hall–Kier alpha value is -2.12. The van der Waals surface area contributed by atoms with E-state index in [9.17, 15) is 0 Å². The van der Waals surface area contributed by atoms with Crippen molar-refractivity contribution in [2.45, 2.75) is 96.3 Å². The fraction of sp³-hybridized carbons (Fsp3) is 0.586. The SMILES string of the molecule is CC.CCC(CC)C(F)(F)C(F)(F)C1(C(F)(F)C(F)(F)C(CC)CC)c2ccccc2-c2ccccc21. The molecule has 2 aromatic carbocycles. The van der Waals surface area contributed by atoms with E-state index >= 15 is 35.1 Å². The molecule has 0 atom stereocenters. The molecule has 0 N–H and O–H groups in total. The van der Waals surface area contributed by atoms with E-state index in [0.29, 0.717) is 0 Å². The Morgan fingerprint density at radius 3 is 1.08 bits per heavy atom. The first-order valence-corrected chi connectivity index (χ1v) is 13.0. The Bertz CT molecular complexity index is 952. The van der Waals surface area contributed by atoms with Crippen molar-refractivity contribution in [2.24, 2.45) is 11.8 Å². The Morgan fingerprint density at radius 2 is 0.811 bits per heavy atom. The van der Waals surface area contributed by atoms with Gasteiger partial charge in [-0.15, -0.1) is 0 Å². The Kier molecular flexibility index (Phi) is 9.19. The Morgan fingerprint density at radius 1 is 0.541 bits per heavy atom. The molecule has 1 aliphatic carbocycles. The van der Waals surface area contributed by atoms with Gasteiger partial charge in [0.1, 0.15) is 0 Å². The summed E-state index contributed by atoms with van der Waals surface area (Å²) in [4.78, 5) is 0. The van der Waals surface area contributed by atoms with Crippen LogP contribution < -0.4 is 0 Å². The lowest BCUT2D eigenvalue weighted by Crippen LogP contribution is -2.71. The maximum Gasteiger partial charge on any atom is 0.330 e. The molecule has 0 bridgehead atoms. The average Bonchev–Trinajstić information content (AvgIpc) is 3.18. The van der Waals surface area contributed by atoms with E-state index in [-0.39, 0.29) is 11.1 Å². The van der Waals surface area contributed by atoms with Gasteiger partial charge in [0.2, 0.25) is 0 Å². The highest BCUT2D eigenvalue weighted by molar-refractivity contribution is 5.83. The van der Waals surface area contributed by atoms with Crippen LogP contribution in [0.1, 0.15) is 78.4 Å². The normalized spacial score (nSPS) is 15.4. The van der Waals surface area contributed by atoms with Gasteiger partial charge >= 0.3 is 23.7 Å². The molecule has 0 aliphatic heterocycles. The number of benzene rings is 2. The lowest BCUT2D eigenvalue weighted by molar-refractivity contribution is -0.340. The summed E-state index contributed by atoms with van der Waals surface area (Å²) in [5.74, 6) is -25.1. The zero-order chi connectivity index (χ0) is 28.4. The van der Waals surface area contributed by atoms with Gasteiger partial charge < -0.3 is 0 Å². The molecular formula is C29H36F8. The maximum absolute atomic E-state index is 16.5. The first kappa shape index (κ1) is 31.1. The van der Waals surface area contributed by atoms with Crippen LogP contribution in [0, 0.1) is 11.8 Å². The monoisotopic (exact) mass is 536 g/mol. The third kappa shape index (κ3) is 4.08. The molecule has 0 saturated carbocycles. The quantitative estimate of drug-likeness (QED) is 0.265. The van der Waals surface area contributed by atoms with E-state index in [1.807, 2.05) is 13.8 Å². The van der Waals surface area contributed by atoms with E-state index in [1.165, 1.54) is 52.0 Å². The molecule has 0 spiro atoms. The van der Waals surface area contributed by atoms with Gasteiger partial charge in [-0.2, -0.15) is 35.1 Å². The van der Waals surface area contributed by atoms with Crippen molar-refractivity contribution in [1.29, 1.82) is 0 Å². The van der Waals surface area contributed by atoms with Gasteiger partial charge in [0.05, 0.1) is 0 Å². The smallest absolute Gasteiger partial charge is 0.200 e. The first-order chi connectivity index (χ1) is 17.2. The van der Waals surface area contributed by atoms with Gasteiger partial charge in [-0.25, -0.2) is 0 Å². The molecule has 37 heavy (non-hydrogen) atoms. The zero-order valence-corrected chi connectivity index (χ0v) is 22.1. The Labute approximate surface area is 214 Å². The zero-order valence-electron chi connectivity index (χ0n) is 22.1. The van der Waals surface area contributed by atoms with Gasteiger partial charge in [-0.3, -0.25) is 0 Å². The van der Waals surface area contributed by atoms with Crippen LogP contribution in [0.15, 0.2) is 48.5 Å². The van der Waals surface area contributed by atoms with Crippen LogP contribution in [0.5, 0.6) is 0 Å². The van der Waals surface area contributed by atoms with Crippen molar-refractivity contribution in [3.63, 3.8) is 0 Å². The van der Waals surface area contributed by atoms with Crippen LogP contribution in [0.2, 0.25) is 0 Å². The highest BCUT2D eigenvalue weighted by atomic mass is 19.3. The van der Waals surface area contributed by atoms with E-state index in [1.54, 1.807) is 0 Å². The molecule has 0 saturated heterocycles. The molecule has 2 aromatic rings. The summed E-state index contributed by atoms with van der Waals surface area (Å²) < 4.78 is 129. The maximum atomic E-state index is 16.5. The van der Waals surface area contributed by atoms with Gasteiger partial charge in [-0.05, 0) is 47.9 Å². The van der Waals surface area contributed by atoms with Crippen molar-refractivity contribution in [3.05, 3.63) is 59.7 Å². The van der Waals surface area contributed by atoms with Crippen LogP contribution in [0.4, 0.5) is 35.1 Å². The van der Waals surface area contributed by atoms with Crippen LogP contribution >= 0.6 is 0 Å². The summed E-state index contributed by atoms with van der Waals surface area (Å²) in [7, 11) is 0. The molecule has 0 heterocycles. The lowest BCUT2D eigenvalue weighted by atomic mass is 9.61. The predicted molar refractivity (Wildman–Crippen MR) is 132 cm³/mol. The lowest BCUT2D eigenvalue weighted by Gasteiger charge is -2.51. The third-order valence-electron chi connectivity index (χ3n) is 7.73. The van der Waals surface area contributed by atoms with Crippen molar-refractivity contribution in [2.75, 3.05) is 0 Å². The number of fused-ring (bicyclic) bond motifs is 3. The molecule has 0 amide bonds. The summed E-state index contributed by atoms with van der Waals surface area (Å²) in [5.41, 5.74) is -6.46. The molecular weight excluding hydrogens is 500 g/mol. The summed E-state index contributed by atoms with van der Waals surface area (Å²) >= 11 is 0. The number of hydrogen-bond acceptors (Lipinski definition) is 0. The second kappa shape index (κ2) is 10.9. The molecule has 0 unspecified atom stereocenters. The minimum Gasteiger partial charge on any atom is -0.200 e. The number of rotatable bonds is 10. The van der Waals surface area contributed by atoms with E-state index < -0.39 is 77.8 Å². The van der Waals surface area contributed by atoms with Gasteiger partial charge in [-0.1, -0.05) is 90.1 Å². The van der Waals surface area contributed by atoms with Crippen molar-refractivity contribution in [1.82, 2.24) is 0 Å². The van der Waals surface area contributed by atoms with Crippen LogP contribution in [0.25, 0.3) is 11.1 Å². The number of hydrogen-bond donors (Lipinski definition) is 0. The van der Waals surface area contributed by atoms with Crippen LogP contribution in [-0.4, -0.2) is 23.7 Å². The minimum absolute atomic E-state index is 0.178. The van der Waals surface area contributed by atoms with E-state index in [0.717, 1.165) is 24.3 Å². The third-order valence-corrected chi connectivity index (χ3v) is 7.73. The number of alkyl halides is 8. The summed E-state index contributed by atoms with van der Waals surface area (Å²) in [6.45, 7) is 8.99. The molecule has 1 aliphatic rings. The standard InChI is InChI=1S/C27H30F8.C2H6/c1-5-17(6-2)24(28,29)26(32,33)23(27(34,35)25(30,31)18(7-3)8-4)21-15-11-9-13-19(21)20-14-10-12-16-22(20)23;1-2/h9-18H,5-8H2,1-4H3;1-2H3. The first-order valence-electron chi connectivity index (χ1n) is 13.0.